The number of hydrogen-bond donors (Lipinski definition) is 0. The third-order valence-electron chi connectivity index (χ3n) is 8.15. The first kappa shape index (κ1) is 22.2. The van der Waals surface area contributed by atoms with Crippen LogP contribution in [-0.2, 0) is 27.2 Å². The van der Waals surface area contributed by atoms with Crippen LogP contribution in [0.5, 0.6) is 5.75 Å². The fourth-order valence-electron chi connectivity index (χ4n) is 6.53. The van der Waals surface area contributed by atoms with E-state index < -0.39 is 35.5 Å². The van der Waals surface area contributed by atoms with E-state index in [1.807, 2.05) is 61.5 Å². The summed E-state index contributed by atoms with van der Waals surface area (Å²) in [5.74, 6) is -3.73. The fourth-order valence-corrected chi connectivity index (χ4v) is 7.88. The Balaban J connectivity index is 1.42. The van der Waals surface area contributed by atoms with Crippen molar-refractivity contribution >= 4 is 39.7 Å². The van der Waals surface area contributed by atoms with Crippen molar-refractivity contribution in [2.24, 2.45) is 17.8 Å². The largest absolute Gasteiger partial charge is 0.425 e. The number of amides is 2. The van der Waals surface area contributed by atoms with Gasteiger partial charge in [0, 0.05) is 16.4 Å². The minimum atomic E-state index is -0.900. The lowest BCUT2D eigenvalue weighted by Gasteiger charge is -2.38. The third kappa shape index (κ3) is 3.06. The van der Waals surface area contributed by atoms with E-state index in [4.69, 9.17) is 4.74 Å². The molecular formula is C30H22N2O4S. The number of carbonyl (C=O) groups excluding carboxylic acids is 3. The lowest BCUT2D eigenvalue weighted by atomic mass is 9.64. The SMILES string of the molecule is Cc1ccc2c(c1)OC(=O)[C@@H]1C2=C[C@H](c2ccccc2)[C@@H]2C(=O)N(c3sc4c(c3C#N)CCC4)C(=O)[C@@H]12. The standard InChI is InChI=1S/C30H22N2O4S/c1-15-10-11-17-20-13-19(16-6-3-2-4-7-16)24-26(25(20)30(35)36-22(17)12-15)28(34)32(27(24)33)29-21(14-31)18-8-5-9-23(18)37-29/h2-4,6-7,10-13,19,24-26H,5,8-9H2,1H3/t19-,24+,25-,26-/m1/s1. The molecule has 1 aromatic heterocycles. The van der Waals surface area contributed by atoms with Crippen molar-refractivity contribution in [2.45, 2.75) is 32.1 Å². The molecule has 0 radical (unpaired) electrons. The average Bonchev–Trinajstić information content (AvgIpc) is 3.55. The molecule has 3 heterocycles. The van der Waals surface area contributed by atoms with E-state index in [0.717, 1.165) is 52.0 Å². The van der Waals surface area contributed by atoms with Crippen molar-refractivity contribution in [1.82, 2.24) is 0 Å². The van der Waals surface area contributed by atoms with Gasteiger partial charge in [0.25, 0.3) is 0 Å². The molecule has 2 aliphatic heterocycles. The van der Waals surface area contributed by atoms with Crippen molar-refractivity contribution in [3.05, 3.63) is 87.3 Å². The second-order valence-electron chi connectivity index (χ2n) is 10.2. The second-order valence-corrected chi connectivity index (χ2v) is 11.3. The number of benzene rings is 2. The summed E-state index contributed by atoms with van der Waals surface area (Å²) in [5.41, 5.74) is 4.77. The molecule has 7 heteroatoms. The summed E-state index contributed by atoms with van der Waals surface area (Å²) < 4.78 is 5.74. The van der Waals surface area contributed by atoms with Crippen LogP contribution in [0.25, 0.3) is 5.57 Å². The van der Waals surface area contributed by atoms with Crippen molar-refractivity contribution in [1.29, 1.82) is 5.26 Å². The maximum absolute atomic E-state index is 14.2. The lowest BCUT2D eigenvalue weighted by molar-refractivity contribution is -0.142. The summed E-state index contributed by atoms with van der Waals surface area (Å²) in [7, 11) is 0. The van der Waals surface area contributed by atoms with Gasteiger partial charge in [-0.1, -0.05) is 48.5 Å². The van der Waals surface area contributed by atoms with E-state index in [9.17, 15) is 19.6 Å². The monoisotopic (exact) mass is 506 g/mol. The molecule has 37 heavy (non-hydrogen) atoms. The number of thiophene rings is 1. The molecule has 182 valence electrons. The lowest BCUT2D eigenvalue weighted by Crippen LogP contribution is -2.42. The number of nitriles is 1. The van der Waals surface area contributed by atoms with Gasteiger partial charge in [-0.15, -0.1) is 11.3 Å². The molecule has 0 unspecified atom stereocenters. The Morgan fingerprint density at radius 3 is 2.59 bits per heavy atom. The van der Waals surface area contributed by atoms with Gasteiger partial charge >= 0.3 is 5.97 Å². The van der Waals surface area contributed by atoms with Crippen LogP contribution in [0.1, 0.15) is 45.0 Å². The average molecular weight is 507 g/mol. The number of aryl methyl sites for hydroxylation is 2. The summed E-state index contributed by atoms with van der Waals surface area (Å²) in [4.78, 5) is 44.0. The summed E-state index contributed by atoms with van der Waals surface area (Å²) >= 11 is 1.37. The fraction of sp³-hybridized carbons (Fsp3) is 0.267. The van der Waals surface area contributed by atoms with Gasteiger partial charge < -0.3 is 4.74 Å². The normalized spacial score (nSPS) is 25.6. The van der Waals surface area contributed by atoms with Crippen LogP contribution in [0.2, 0.25) is 0 Å². The number of ether oxygens (including phenoxy) is 1. The van der Waals surface area contributed by atoms with E-state index >= 15 is 0 Å². The molecule has 1 fully saturated rings. The topological polar surface area (TPSA) is 87.5 Å². The number of esters is 1. The quantitative estimate of drug-likeness (QED) is 0.279. The van der Waals surface area contributed by atoms with Crippen molar-refractivity contribution in [3.8, 4) is 11.8 Å². The molecule has 4 atom stereocenters. The van der Waals surface area contributed by atoms with Gasteiger partial charge in [-0.05, 0) is 54.5 Å². The van der Waals surface area contributed by atoms with Crippen LogP contribution in [0.15, 0.2) is 54.6 Å². The van der Waals surface area contributed by atoms with Crippen LogP contribution in [0.3, 0.4) is 0 Å². The zero-order chi connectivity index (χ0) is 25.4. The van der Waals surface area contributed by atoms with Crippen LogP contribution in [0.4, 0.5) is 5.00 Å². The van der Waals surface area contributed by atoms with E-state index in [1.54, 1.807) is 0 Å². The molecule has 3 aromatic rings. The number of anilines is 1. The molecule has 0 bridgehead atoms. The number of allylic oxidation sites excluding steroid dienone is 1. The van der Waals surface area contributed by atoms with E-state index in [-0.39, 0.29) is 5.91 Å². The van der Waals surface area contributed by atoms with E-state index in [1.165, 1.54) is 16.2 Å². The molecule has 0 N–H and O–H groups in total. The number of carbonyl (C=O) groups is 3. The van der Waals surface area contributed by atoms with Gasteiger partial charge in [0.2, 0.25) is 11.8 Å². The maximum atomic E-state index is 14.2. The highest BCUT2D eigenvalue weighted by Gasteiger charge is 2.61. The van der Waals surface area contributed by atoms with Crippen LogP contribution >= 0.6 is 11.3 Å². The highest BCUT2D eigenvalue weighted by molar-refractivity contribution is 7.17. The molecular weight excluding hydrogens is 484 g/mol. The van der Waals surface area contributed by atoms with Gasteiger partial charge in [0.1, 0.15) is 16.8 Å². The molecule has 2 aromatic carbocycles. The number of fused-ring (bicyclic) bond motifs is 6. The summed E-state index contributed by atoms with van der Waals surface area (Å²) in [6.45, 7) is 1.93. The Hall–Kier alpha value is -4.02. The van der Waals surface area contributed by atoms with E-state index in [2.05, 4.69) is 6.07 Å². The highest BCUT2D eigenvalue weighted by Crippen LogP contribution is 2.56. The first-order valence-electron chi connectivity index (χ1n) is 12.5. The number of rotatable bonds is 2. The van der Waals surface area contributed by atoms with Crippen LogP contribution < -0.4 is 9.64 Å². The summed E-state index contributed by atoms with van der Waals surface area (Å²) in [5, 5.41) is 10.4. The molecule has 2 amide bonds. The van der Waals surface area contributed by atoms with Gasteiger partial charge in [-0.25, -0.2) is 4.90 Å². The molecule has 0 spiro atoms. The predicted octanol–water partition coefficient (Wildman–Crippen LogP) is 4.94. The Labute approximate surface area is 217 Å². The highest BCUT2D eigenvalue weighted by atomic mass is 32.1. The van der Waals surface area contributed by atoms with Crippen LogP contribution in [-0.4, -0.2) is 17.8 Å². The smallest absolute Gasteiger partial charge is 0.319 e. The molecule has 7 rings (SSSR count). The minimum absolute atomic E-state index is 0.349. The van der Waals surface area contributed by atoms with Gasteiger partial charge in [0.15, 0.2) is 0 Å². The predicted molar refractivity (Wildman–Crippen MR) is 138 cm³/mol. The van der Waals surface area contributed by atoms with Gasteiger partial charge in [-0.2, -0.15) is 5.26 Å². The first-order valence-corrected chi connectivity index (χ1v) is 13.3. The third-order valence-corrected chi connectivity index (χ3v) is 9.43. The van der Waals surface area contributed by atoms with Crippen molar-refractivity contribution in [3.63, 3.8) is 0 Å². The Morgan fingerprint density at radius 2 is 1.81 bits per heavy atom. The number of nitrogens with zero attached hydrogens (tertiary/aromatic N) is 2. The molecule has 1 saturated heterocycles. The number of hydrogen-bond acceptors (Lipinski definition) is 6. The molecule has 6 nitrogen and oxygen atoms in total. The van der Waals surface area contributed by atoms with Crippen LogP contribution in [0, 0.1) is 36.0 Å². The number of imide groups is 1. The second kappa shape index (κ2) is 7.99. The summed E-state index contributed by atoms with van der Waals surface area (Å²) in [6, 6.07) is 17.6. The Kier molecular flexibility index (Phi) is 4.79. The minimum Gasteiger partial charge on any atom is -0.425 e. The maximum Gasteiger partial charge on any atom is 0.319 e. The zero-order valence-corrected chi connectivity index (χ0v) is 20.9. The van der Waals surface area contributed by atoms with Crippen molar-refractivity contribution < 1.29 is 19.1 Å². The zero-order valence-electron chi connectivity index (χ0n) is 20.1. The van der Waals surface area contributed by atoms with Crippen molar-refractivity contribution in [2.75, 3.05) is 4.90 Å². The first-order chi connectivity index (χ1) is 18.0. The Bertz CT molecular complexity index is 1600. The molecule has 0 saturated carbocycles. The van der Waals surface area contributed by atoms with Gasteiger partial charge in [-0.3, -0.25) is 14.4 Å². The van der Waals surface area contributed by atoms with E-state index in [0.29, 0.717) is 16.3 Å². The molecule has 2 aliphatic carbocycles. The summed E-state index contributed by atoms with van der Waals surface area (Å²) in [6.07, 6.45) is 4.59. The molecule has 4 aliphatic rings. The van der Waals surface area contributed by atoms with Gasteiger partial charge in [0.05, 0.1) is 23.3 Å². The Morgan fingerprint density at radius 1 is 1.03 bits per heavy atom.